The summed E-state index contributed by atoms with van der Waals surface area (Å²) in [6.07, 6.45) is -2.06. The molecule has 1 aliphatic carbocycles. The number of nitrogens with zero attached hydrogens (tertiary/aromatic N) is 1. The standard InChI is InChI=1S/C11H19F3N2O/c1-7-8(4-3-5-9(7)15)10(17)16(2)6-11(12,13)14/h7-9H,3-6,15H2,1-2H3. The van der Waals surface area contributed by atoms with E-state index in [1.807, 2.05) is 6.92 Å². The molecule has 0 spiro atoms. The van der Waals surface area contributed by atoms with E-state index in [4.69, 9.17) is 5.73 Å². The molecule has 0 saturated heterocycles. The zero-order valence-corrected chi connectivity index (χ0v) is 10.1. The van der Waals surface area contributed by atoms with E-state index >= 15 is 0 Å². The number of amides is 1. The highest BCUT2D eigenvalue weighted by atomic mass is 19.4. The lowest BCUT2D eigenvalue weighted by molar-refractivity contribution is -0.162. The second-order valence-corrected chi connectivity index (χ2v) is 4.87. The molecule has 0 aromatic carbocycles. The summed E-state index contributed by atoms with van der Waals surface area (Å²) in [6.45, 7) is 0.651. The van der Waals surface area contributed by atoms with Crippen LogP contribution in [0.4, 0.5) is 13.2 Å². The highest BCUT2D eigenvalue weighted by molar-refractivity contribution is 5.79. The summed E-state index contributed by atoms with van der Waals surface area (Å²) in [5.41, 5.74) is 5.84. The molecule has 0 heterocycles. The summed E-state index contributed by atoms with van der Waals surface area (Å²) in [6, 6.07) is -0.0861. The zero-order valence-electron chi connectivity index (χ0n) is 10.1. The van der Waals surface area contributed by atoms with Gasteiger partial charge in [-0.3, -0.25) is 4.79 Å². The Labute approximate surface area is 99.1 Å². The predicted molar refractivity (Wildman–Crippen MR) is 58.2 cm³/mol. The Hall–Kier alpha value is -0.780. The van der Waals surface area contributed by atoms with Gasteiger partial charge in [0.05, 0.1) is 0 Å². The van der Waals surface area contributed by atoms with Crippen LogP contribution in [0.15, 0.2) is 0 Å². The van der Waals surface area contributed by atoms with E-state index in [1.54, 1.807) is 0 Å². The van der Waals surface area contributed by atoms with E-state index in [0.29, 0.717) is 6.42 Å². The molecule has 100 valence electrons. The predicted octanol–water partition coefficient (Wildman–Crippen LogP) is 1.77. The minimum atomic E-state index is -4.34. The lowest BCUT2D eigenvalue weighted by Gasteiger charge is -2.35. The molecular weight excluding hydrogens is 233 g/mol. The topological polar surface area (TPSA) is 46.3 Å². The first kappa shape index (κ1) is 14.3. The second kappa shape index (κ2) is 5.25. The molecule has 3 unspecified atom stereocenters. The third-order valence-corrected chi connectivity index (χ3v) is 3.47. The average molecular weight is 252 g/mol. The average Bonchev–Trinajstić information content (AvgIpc) is 2.18. The molecule has 17 heavy (non-hydrogen) atoms. The summed E-state index contributed by atoms with van der Waals surface area (Å²) in [5, 5.41) is 0. The Morgan fingerprint density at radius 3 is 2.53 bits per heavy atom. The summed E-state index contributed by atoms with van der Waals surface area (Å²) in [7, 11) is 1.20. The highest BCUT2D eigenvalue weighted by Gasteiger charge is 2.37. The van der Waals surface area contributed by atoms with E-state index < -0.39 is 18.6 Å². The van der Waals surface area contributed by atoms with Crippen molar-refractivity contribution in [3.05, 3.63) is 0 Å². The van der Waals surface area contributed by atoms with Crippen molar-refractivity contribution >= 4 is 5.91 Å². The fraction of sp³-hybridized carbons (Fsp3) is 0.909. The van der Waals surface area contributed by atoms with Gasteiger partial charge in [-0.2, -0.15) is 13.2 Å². The maximum Gasteiger partial charge on any atom is 0.406 e. The lowest BCUT2D eigenvalue weighted by atomic mass is 9.76. The number of hydrogen-bond donors (Lipinski definition) is 1. The zero-order chi connectivity index (χ0) is 13.2. The quantitative estimate of drug-likeness (QED) is 0.814. The second-order valence-electron chi connectivity index (χ2n) is 4.87. The number of carbonyl (C=O) groups excluding carboxylic acids is 1. The molecule has 1 saturated carbocycles. The van der Waals surface area contributed by atoms with Crippen LogP contribution >= 0.6 is 0 Å². The van der Waals surface area contributed by atoms with Crippen LogP contribution < -0.4 is 5.73 Å². The van der Waals surface area contributed by atoms with Crippen molar-refractivity contribution in [2.24, 2.45) is 17.6 Å². The van der Waals surface area contributed by atoms with Gasteiger partial charge in [-0.05, 0) is 18.8 Å². The molecular formula is C11H19F3N2O. The van der Waals surface area contributed by atoms with Gasteiger partial charge in [0.15, 0.2) is 0 Å². The van der Waals surface area contributed by atoms with Crippen molar-refractivity contribution in [3.8, 4) is 0 Å². The first-order valence-corrected chi connectivity index (χ1v) is 5.79. The SMILES string of the molecule is CC1C(N)CCCC1C(=O)N(C)CC(F)(F)F. The maximum atomic E-state index is 12.2. The Morgan fingerprint density at radius 2 is 2.00 bits per heavy atom. The first-order valence-electron chi connectivity index (χ1n) is 5.79. The molecule has 0 bridgehead atoms. The number of hydrogen-bond acceptors (Lipinski definition) is 2. The fourth-order valence-corrected chi connectivity index (χ4v) is 2.38. The van der Waals surface area contributed by atoms with E-state index in [0.717, 1.165) is 17.7 Å². The van der Waals surface area contributed by atoms with Crippen LogP contribution in [-0.2, 0) is 4.79 Å². The summed E-state index contributed by atoms with van der Waals surface area (Å²) >= 11 is 0. The van der Waals surface area contributed by atoms with Crippen molar-refractivity contribution < 1.29 is 18.0 Å². The van der Waals surface area contributed by atoms with Gasteiger partial charge in [-0.1, -0.05) is 13.3 Å². The van der Waals surface area contributed by atoms with Crippen molar-refractivity contribution in [1.82, 2.24) is 4.90 Å². The number of nitrogens with two attached hydrogens (primary N) is 1. The number of rotatable bonds is 2. The van der Waals surface area contributed by atoms with Gasteiger partial charge in [0.25, 0.3) is 0 Å². The van der Waals surface area contributed by atoms with Gasteiger partial charge in [0.2, 0.25) is 5.91 Å². The van der Waals surface area contributed by atoms with Crippen LogP contribution in [0.3, 0.4) is 0 Å². The van der Waals surface area contributed by atoms with Crippen LogP contribution in [0.2, 0.25) is 0 Å². The number of halogens is 3. The molecule has 0 radical (unpaired) electrons. The lowest BCUT2D eigenvalue weighted by Crippen LogP contribution is -2.46. The Balaban J connectivity index is 2.62. The van der Waals surface area contributed by atoms with Gasteiger partial charge in [0, 0.05) is 19.0 Å². The number of alkyl halides is 3. The van der Waals surface area contributed by atoms with Gasteiger partial charge in [0.1, 0.15) is 6.54 Å². The molecule has 2 N–H and O–H groups in total. The molecule has 6 heteroatoms. The normalized spacial score (nSPS) is 30.1. The number of carbonyl (C=O) groups is 1. The minimum Gasteiger partial charge on any atom is -0.336 e. The smallest absolute Gasteiger partial charge is 0.336 e. The largest absolute Gasteiger partial charge is 0.406 e. The van der Waals surface area contributed by atoms with E-state index in [9.17, 15) is 18.0 Å². The molecule has 1 amide bonds. The van der Waals surface area contributed by atoms with Gasteiger partial charge >= 0.3 is 6.18 Å². The van der Waals surface area contributed by atoms with Crippen LogP contribution in [0.25, 0.3) is 0 Å². The summed E-state index contributed by atoms with van der Waals surface area (Å²) in [5.74, 6) is -0.858. The van der Waals surface area contributed by atoms with Crippen molar-refractivity contribution in [1.29, 1.82) is 0 Å². The van der Waals surface area contributed by atoms with Crippen molar-refractivity contribution in [2.45, 2.75) is 38.4 Å². The molecule has 0 aliphatic heterocycles. The Kier molecular flexibility index (Phi) is 4.41. The van der Waals surface area contributed by atoms with Crippen LogP contribution in [0.5, 0.6) is 0 Å². The van der Waals surface area contributed by atoms with Crippen molar-refractivity contribution in [3.63, 3.8) is 0 Å². The summed E-state index contributed by atoms with van der Waals surface area (Å²) < 4.78 is 36.6. The van der Waals surface area contributed by atoms with Crippen LogP contribution in [0.1, 0.15) is 26.2 Å². The van der Waals surface area contributed by atoms with Gasteiger partial charge in [-0.25, -0.2) is 0 Å². The van der Waals surface area contributed by atoms with E-state index in [2.05, 4.69) is 0 Å². The minimum absolute atomic E-state index is 0.0491. The highest BCUT2D eigenvalue weighted by Crippen LogP contribution is 2.30. The molecule has 3 atom stereocenters. The van der Waals surface area contributed by atoms with E-state index in [1.165, 1.54) is 7.05 Å². The Morgan fingerprint density at radius 1 is 1.41 bits per heavy atom. The summed E-state index contributed by atoms with van der Waals surface area (Å²) in [4.78, 5) is 12.7. The maximum absolute atomic E-state index is 12.2. The molecule has 0 aromatic heterocycles. The monoisotopic (exact) mass is 252 g/mol. The Bertz CT molecular complexity index is 280. The third-order valence-electron chi connectivity index (χ3n) is 3.47. The molecule has 1 aliphatic rings. The van der Waals surface area contributed by atoms with Crippen LogP contribution in [-0.4, -0.2) is 36.6 Å². The van der Waals surface area contributed by atoms with Crippen LogP contribution in [0, 0.1) is 11.8 Å². The third kappa shape index (κ3) is 3.87. The van der Waals surface area contributed by atoms with E-state index in [-0.39, 0.29) is 17.9 Å². The van der Waals surface area contributed by atoms with Gasteiger partial charge < -0.3 is 10.6 Å². The molecule has 0 aromatic rings. The van der Waals surface area contributed by atoms with Crippen molar-refractivity contribution in [2.75, 3.05) is 13.6 Å². The first-order chi connectivity index (χ1) is 7.72. The molecule has 1 fully saturated rings. The molecule has 1 rings (SSSR count). The van der Waals surface area contributed by atoms with Gasteiger partial charge in [-0.15, -0.1) is 0 Å². The molecule has 3 nitrogen and oxygen atoms in total. The fourth-order valence-electron chi connectivity index (χ4n) is 2.38.